The Morgan fingerprint density at radius 1 is 0.864 bits per heavy atom. The lowest BCUT2D eigenvalue weighted by Crippen LogP contribution is -1.85. The molecule has 4 rings (SSSR count). The third-order valence-corrected chi connectivity index (χ3v) is 4.01. The number of benzene rings is 3. The summed E-state index contributed by atoms with van der Waals surface area (Å²) in [6.45, 7) is 0. The van der Waals surface area contributed by atoms with Gasteiger partial charge in [0, 0.05) is 12.1 Å². The first kappa shape index (κ1) is 13.4. The number of hydrogen-bond acceptors (Lipinski definition) is 2. The number of imidazole rings is 1. The van der Waals surface area contributed by atoms with E-state index >= 15 is 0 Å². The van der Waals surface area contributed by atoms with E-state index in [0.29, 0.717) is 15.5 Å². The van der Waals surface area contributed by atoms with Crippen molar-refractivity contribution in [3.8, 4) is 11.5 Å². The van der Waals surface area contributed by atoms with Crippen LogP contribution < -0.4 is 4.74 Å². The van der Waals surface area contributed by atoms with Gasteiger partial charge >= 0.3 is 0 Å². The lowest BCUT2D eigenvalue weighted by atomic mass is 10.1. The first-order chi connectivity index (χ1) is 10.7. The Balaban J connectivity index is 1.76. The smallest absolute Gasteiger partial charge is 0.175 e. The number of nitrogens with one attached hydrogen (secondary N) is 2. The van der Waals surface area contributed by atoms with E-state index in [2.05, 4.69) is 22.1 Å². The van der Waals surface area contributed by atoms with Crippen LogP contribution in [0.1, 0.15) is 0 Å². The Kier molecular flexibility index (Phi) is 3.13. The Morgan fingerprint density at radius 3 is 2.55 bits per heavy atom. The van der Waals surface area contributed by atoms with Crippen LogP contribution in [0.5, 0.6) is 11.5 Å². The molecule has 0 aliphatic carbocycles. The molecule has 5 heteroatoms. The van der Waals surface area contributed by atoms with Gasteiger partial charge in [0.05, 0.1) is 16.1 Å². The van der Waals surface area contributed by atoms with Gasteiger partial charge in [0.1, 0.15) is 11.5 Å². The van der Waals surface area contributed by atoms with E-state index in [0.717, 1.165) is 22.2 Å². The zero-order valence-corrected chi connectivity index (χ0v) is 13.0. The average molecular weight is 327 g/mol. The molecule has 0 saturated carbocycles. The number of aromatic amines is 2. The van der Waals surface area contributed by atoms with Gasteiger partial charge in [-0.05, 0) is 35.1 Å². The number of ether oxygens (including phenoxy) is 1. The van der Waals surface area contributed by atoms with Crippen molar-refractivity contribution in [1.29, 1.82) is 0 Å². The van der Waals surface area contributed by atoms with Crippen molar-refractivity contribution >= 4 is 45.6 Å². The van der Waals surface area contributed by atoms with E-state index in [1.54, 1.807) is 6.07 Å². The topological polar surface area (TPSA) is 40.8 Å². The highest BCUT2D eigenvalue weighted by Gasteiger charge is 2.07. The van der Waals surface area contributed by atoms with Gasteiger partial charge < -0.3 is 14.7 Å². The third kappa shape index (κ3) is 2.36. The number of fused-ring (bicyclic) bond motifs is 2. The SMILES string of the molecule is S=c1[nH]c2cc(Oc3ccc4ccccc4c3)cc(Cl)c2[nH]1. The van der Waals surface area contributed by atoms with Crippen molar-refractivity contribution in [2.45, 2.75) is 0 Å². The van der Waals surface area contributed by atoms with E-state index in [-0.39, 0.29) is 0 Å². The molecule has 0 fully saturated rings. The number of hydrogen-bond donors (Lipinski definition) is 2. The molecule has 0 amide bonds. The lowest BCUT2D eigenvalue weighted by molar-refractivity contribution is 0.484. The highest BCUT2D eigenvalue weighted by atomic mass is 35.5. The van der Waals surface area contributed by atoms with Crippen LogP contribution >= 0.6 is 23.8 Å². The first-order valence-electron chi connectivity index (χ1n) is 6.77. The zero-order valence-electron chi connectivity index (χ0n) is 11.4. The van der Waals surface area contributed by atoms with E-state index in [4.69, 9.17) is 28.6 Å². The fourth-order valence-corrected chi connectivity index (χ4v) is 2.97. The fraction of sp³-hybridized carbons (Fsp3) is 0. The molecule has 0 bridgehead atoms. The van der Waals surface area contributed by atoms with E-state index in [9.17, 15) is 0 Å². The van der Waals surface area contributed by atoms with Gasteiger partial charge in [-0.15, -0.1) is 0 Å². The van der Waals surface area contributed by atoms with Crippen LogP contribution in [0.25, 0.3) is 21.8 Å². The predicted octanol–water partition coefficient (Wildman–Crippen LogP) is 5.82. The maximum Gasteiger partial charge on any atom is 0.175 e. The largest absolute Gasteiger partial charge is 0.457 e. The molecule has 0 atom stereocenters. The molecule has 0 unspecified atom stereocenters. The van der Waals surface area contributed by atoms with Crippen LogP contribution in [-0.2, 0) is 0 Å². The summed E-state index contributed by atoms with van der Waals surface area (Å²) in [5.74, 6) is 1.43. The maximum absolute atomic E-state index is 6.26. The van der Waals surface area contributed by atoms with E-state index < -0.39 is 0 Å². The normalized spacial score (nSPS) is 11.1. The summed E-state index contributed by atoms with van der Waals surface area (Å²) < 4.78 is 6.47. The quantitative estimate of drug-likeness (QED) is 0.455. The Bertz CT molecular complexity index is 1050. The molecule has 0 radical (unpaired) electrons. The van der Waals surface area contributed by atoms with Crippen LogP contribution in [-0.4, -0.2) is 9.97 Å². The molecular weight excluding hydrogens is 316 g/mol. The minimum Gasteiger partial charge on any atom is -0.457 e. The molecule has 1 aromatic heterocycles. The highest BCUT2D eigenvalue weighted by Crippen LogP contribution is 2.31. The molecule has 0 spiro atoms. The summed E-state index contributed by atoms with van der Waals surface area (Å²) in [6, 6.07) is 17.8. The molecule has 0 aliphatic heterocycles. The van der Waals surface area contributed by atoms with Gasteiger partial charge in [-0.1, -0.05) is 41.9 Å². The van der Waals surface area contributed by atoms with Gasteiger partial charge in [0.25, 0.3) is 0 Å². The predicted molar refractivity (Wildman–Crippen MR) is 92.5 cm³/mol. The van der Waals surface area contributed by atoms with Gasteiger partial charge in [0.15, 0.2) is 4.77 Å². The van der Waals surface area contributed by atoms with Crippen molar-refractivity contribution in [3.05, 3.63) is 64.4 Å². The highest BCUT2D eigenvalue weighted by molar-refractivity contribution is 7.71. The van der Waals surface area contributed by atoms with Crippen LogP contribution in [0, 0.1) is 4.77 Å². The van der Waals surface area contributed by atoms with Crippen LogP contribution in [0.4, 0.5) is 0 Å². The zero-order chi connectivity index (χ0) is 15.1. The molecular formula is C17H11ClN2OS. The number of aromatic nitrogens is 2. The second-order valence-corrected chi connectivity index (χ2v) is 5.83. The molecule has 1 heterocycles. The van der Waals surface area contributed by atoms with E-state index in [1.165, 1.54) is 5.39 Å². The van der Waals surface area contributed by atoms with Crippen LogP contribution in [0.2, 0.25) is 5.02 Å². The van der Waals surface area contributed by atoms with Crippen molar-refractivity contribution < 1.29 is 4.74 Å². The van der Waals surface area contributed by atoms with Gasteiger partial charge in [-0.3, -0.25) is 0 Å². The van der Waals surface area contributed by atoms with Crippen molar-refractivity contribution in [2.75, 3.05) is 0 Å². The fourth-order valence-electron chi connectivity index (χ4n) is 2.50. The minimum atomic E-state index is 0.541. The first-order valence-corrected chi connectivity index (χ1v) is 7.56. The molecule has 0 saturated heterocycles. The van der Waals surface area contributed by atoms with Crippen molar-refractivity contribution in [2.24, 2.45) is 0 Å². The Morgan fingerprint density at radius 2 is 1.68 bits per heavy atom. The average Bonchev–Trinajstić information content (AvgIpc) is 2.88. The monoisotopic (exact) mass is 326 g/mol. The summed E-state index contributed by atoms with van der Waals surface area (Å²) in [6.07, 6.45) is 0. The summed E-state index contributed by atoms with van der Waals surface area (Å²) in [5, 5.41) is 2.88. The maximum atomic E-state index is 6.26. The molecule has 3 nitrogen and oxygen atoms in total. The second-order valence-electron chi connectivity index (χ2n) is 5.02. The summed E-state index contributed by atoms with van der Waals surface area (Å²) in [4.78, 5) is 6.06. The molecule has 0 aliphatic rings. The van der Waals surface area contributed by atoms with Crippen molar-refractivity contribution in [3.63, 3.8) is 0 Å². The number of rotatable bonds is 2. The second kappa shape index (κ2) is 5.16. The third-order valence-electron chi connectivity index (χ3n) is 3.51. The molecule has 22 heavy (non-hydrogen) atoms. The van der Waals surface area contributed by atoms with Crippen molar-refractivity contribution in [1.82, 2.24) is 9.97 Å². The Labute approximate surface area is 136 Å². The molecule has 3 aromatic carbocycles. The number of H-pyrrole nitrogens is 2. The summed E-state index contributed by atoms with van der Waals surface area (Å²) in [7, 11) is 0. The standard InChI is InChI=1S/C17H11ClN2OS/c18-14-8-13(9-15-16(14)20-17(22)19-15)21-12-6-5-10-3-1-2-4-11(10)7-12/h1-9H,(H2,19,20,22). The Hall–Kier alpha value is -2.30. The van der Waals surface area contributed by atoms with Gasteiger partial charge in [-0.2, -0.15) is 0 Å². The van der Waals surface area contributed by atoms with Gasteiger partial charge in [0.2, 0.25) is 0 Å². The number of halogens is 1. The molecule has 4 aromatic rings. The van der Waals surface area contributed by atoms with Crippen LogP contribution in [0.15, 0.2) is 54.6 Å². The molecule has 108 valence electrons. The molecule has 2 N–H and O–H groups in total. The van der Waals surface area contributed by atoms with Gasteiger partial charge in [-0.25, -0.2) is 0 Å². The lowest BCUT2D eigenvalue weighted by Gasteiger charge is -2.08. The van der Waals surface area contributed by atoms with Crippen LogP contribution in [0.3, 0.4) is 0 Å². The summed E-state index contributed by atoms with van der Waals surface area (Å²) >= 11 is 11.3. The minimum absolute atomic E-state index is 0.541. The summed E-state index contributed by atoms with van der Waals surface area (Å²) in [5.41, 5.74) is 1.62. The van der Waals surface area contributed by atoms with E-state index in [1.807, 2.05) is 36.4 Å².